The minimum Gasteiger partial charge on any atom is -0.351 e. The minimum absolute atomic E-state index is 0.0488. The second-order valence-electron chi connectivity index (χ2n) is 5.10. The Balaban J connectivity index is 1.79. The Kier molecular flexibility index (Phi) is 6.62. The summed E-state index contributed by atoms with van der Waals surface area (Å²) >= 11 is 7.35. The lowest BCUT2D eigenvalue weighted by Gasteiger charge is -2.17. The predicted molar refractivity (Wildman–Crippen MR) is 93.9 cm³/mol. The third-order valence-corrected chi connectivity index (χ3v) is 4.37. The molecule has 0 aliphatic rings. The number of benzene rings is 1. The van der Waals surface area contributed by atoms with Gasteiger partial charge in [-0.25, -0.2) is 0 Å². The smallest absolute Gasteiger partial charge is 0.252 e. The maximum atomic E-state index is 12.0. The first-order valence-corrected chi connectivity index (χ1v) is 8.77. The van der Waals surface area contributed by atoms with Crippen molar-refractivity contribution in [3.8, 4) is 0 Å². The molecule has 0 bridgehead atoms. The molecule has 0 spiro atoms. The predicted octanol–water partition coefficient (Wildman–Crippen LogP) is 3.79. The fourth-order valence-electron chi connectivity index (χ4n) is 2.17. The van der Waals surface area contributed by atoms with Gasteiger partial charge in [-0.15, -0.1) is 0 Å². The zero-order valence-electron chi connectivity index (χ0n) is 12.8. The molecule has 2 rings (SSSR count). The van der Waals surface area contributed by atoms with Crippen molar-refractivity contribution in [3.05, 3.63) is 57.2 Å². The first-order valence-electron chi connectivity index (χ1n) is 7.45. The Labute approximate surface area is 144 Å². The molecular weight excluding hydrogens is 332 g/mol. The number of rotatable bonds is 7. The van der Waals surface area contributed by atoms with Gasteiger partial charge in [0.2, 0.25) is 5.91 Å². The van der Waals surface area contributed by atoms with Crippen molar-refractivity contribution in [2.75, 3.05) is 6.54 Å². The van der Waals surface area contributed by atoms with E-state index in [1.165, 1.54) is 11.3 Å². The number of amides is 2. The van der Waals surface area contributed by atoms with Crippen LogP contribution in [0.15, 0.2) is 41.1 Å². The Morgan fingerprint density at radius 2 is 1.96 bits per heavy atom. The van der Waals surface area contributed by atoms with Crippen LogP contribution in [0.4, 0.5) is 0 Å². The van der Waals surface area contributed by atoms with E-state index in [9.17, 15) is 9.59 Å². The van der Waals surface area contributed by atoms with Gasteiger partial charge in [-0.2, -0.15) is 11.3 Å². The molecule has 6 heteroatoms. The molecule has 0 aliphatic carbocycles. The largest absolute Gasteiger partial charge is 0.351 e. The molecule has 0 radical (unpaired) electrons. The highest BCUT2D eigenvalue weighted by Crippen LogP contribution is 2.19. The van der Waals surface area contributed by atoms with Crippen molar-refractivity contribution < 1.29 is 9.59 Å². The molecule has 0 fully saturated rings. The van der Waals surface area contributed by atoms with Crippen LogP contribution >= 0.6 is 22.9 Å². The Morgan fingerprint density at radius 1 is 1.22 bits per heavy atom. The quantitative estimate of drug-likeness (QED) is 0.798. The molecular formula is C17H19ClN2O2S. The number of carbonyl (C=O) groups excluding carboxylic acids is 2. The second-order valence-corrected chi connectivity index (χ2v) is 6.31. The van der Waals surface area contributed by atoms with E-state index in [-0.39, 0.29) is 24.3 Å². The Bertz CT molecular complexity index is 641. The number of hydrogen-bond donors (Lipinski definition) is 2. The highest BCUT2D eigenvalue weighted by atomic mass is 35.5. The van der Waals surface area contributed by atoms with Crippen LogP contribution in [0.5, 0.6) is 0 Å². The summed E-state index contributed by atoms with van der Waals surface area (Å²) in [5, 5.41) is 10.0. The number of thiophene rings is 1. The summed E-state index contributed by atoms with van der Waals surface area (Å²) in [5.41, 5.74) is 1.65. The normalized spacial score (nSPS) is 11.7. The van der Waals surface area contributed by atoms with Gasteiger partial charge in [-0.1, -0.05) is 30.7 Å². The van der Waals surface area contributed by atoms with Crippen molar-refractivity contribution >= 4 is 34.8 Å². The van der Waals surface area contributed by atoms with Gasteiger partial charge >= 0.3 is 0 Å². The molecule has 122 valence electrons. The van der Waals surface area contributed by atoms with Crippen molar-refractivity contribution in [1.82, 2.24) is 10.6 Å². The van der Waals surface area contributed by atoms with Crippen LogP contribution in [0, 0.1) is 0 Å². The van der Waals surface area contributed by atoms with Crippen molar-refractivity contribution in [1.29, 1.82) is 0 Å². The van der Waals surface area contributed by atoms with E-state index in [1.807, 2.05) is 36.6 Å². The van der Waals surface area contributed by atoms with Crippen LogP contribution in [-0.4, -0.2) is 18.4 Å². The average Bonchev–Trinajstić information content (AvgIpc) is 3.08. The molecule has 1 aromatic heterocycles. The van der Waals surface area contributed by atoms with E-state index < -0.39 is 0 Å². The first kappa shape index (κ1) is 17.5. The van der Waals surface area contributed by atoms with Gasteiger partial charge in [-0.05, 0) is 35.6 Å². The molecule has 1 aromatic carbocycles. The van der Waals surface area contributed by atoms with Crippen LogP contribution in [-0.2, 0) is 4.79 Å². The van der Waals surface area contributed by atoms with Crippen molar-refractivity contribution in [2.24, 2.45) is 0 Å². The molecule has 2 amide bonds. The highest BCUT2D eigenvalue weighted by Gasteiger charge is 2.13. The Hall–Kier alpha value is -1.85. The summed E-state index contributed by atoms with van der Waals surface area (Å²) in [6, 6.07) is 9.16. The maximum absolute atomic E-state index is 12.0. The number of hydrogen-bond acceptors (Lipinski definition) is 3. The number of carbonyl (C=O) groups is 2. The van der Waals surface area contributed by atoms with Gasteiger partial charge in [0.15, 0.2) is 0 Å². The van der Waals surface area contributed by atoms with E-state index in [4.69, 9.17) is 11.6 Å². The molecule has 4 nitrogen and oxygen atoms in total. The van der Waals surface area contributed by atoms with E-state index in [0.717, 1.165) is 12.0 Å². The van der Waals surface area contributed by atoms with Gasteiger partial charge in [0.1, 0.15) is 0 Å². The molecule has 0 aliphatic heterocycles. The van der Waals surface area contributed by atoms with Gasteiger partial charge in [0.05, 0.1) is 6.04 Å². The standard InChI is InChI=1S/C17H19ClN2O2S/c1-2-15(12-3-5-14(18)6-4-12)20-16(21)7-9-19-17(22)13-8-10-23-11-13/h3-6,8,10-11,15H,2,7,9H2,1H3,(H,19,22)(H,20,21). The molecule has 0 saturated carbocycles. The second kappa shape index (κ2) is 8.70. The van der Waals surface area contributed by atoms with Crippen LogP contribution in [0.1, 0.15) is 41.7 Å². The van der Waals surface area contributed by atoms with Crippen LogP contribution in [0.3, 0.4) is 0 Å². The van der Waals surface area contributed by atoms with Crippen LogP contribution in [0.2, 0.25) is 5.02 Å². The van der Waals surface area contributed by atoms with Gasteiger partial charge < -0.3 is 10.6 Å². The van der Waals surface area contributed by atoms with Crippen LogP contribution < -0.4 is 10.6 Å². The van der Waals surface area contributed by atoms with E-state index >= 15 is 0 Å². The topological polar surface area (TPSA) is 58.2 Å². The highest BCUT2D eigenvalue weighted by molar-refractivity contribution is 7.08. The summed E-state index contributed by atoms with van der Waals surface area (Å²) in [6.45, 7) is 2.33. The molecule has 0 saturated heterocycles. The summed E-state index contributed by atoms with van der Waals surface area (Å²) in [5.74, 6) is -0.235. The molecule has 1 atom stereocenters. The fourth-order valence-corrected chi connectivity index (χ4v) is 2.93. The van der Waals surface area contributed by atoms with Gasteiger partial charge in [-0.3, -0.25) is 9.59 Å². The third kappa shape index (κ3) is 5.37. The summed E-state index contributed by atoms with van der Waals surface area (Å²) in [6.07, 6.45) is 1.04. The molecule has 2 N–H and O–H groups in total. The SMILES string of the molecule is CCC(NC(=O)CCNC(=O)c1ccsc1)c1ccc(Cl)cc1. The summed E-state index contributed by atoms with van der Waals surface area (Å²) < 4.78 is 0. The molecule has 23 heavy (non-hydrogen) atoms. The average molecular weight is 351 g/mol. The Morgan fingerprint density at radius 3 is 2.57 bits per heavy atom. The first-order chi connectivity index (χ1) is 11.1. The lowest BCUT2D eigenvalue weighted by molar-refractivity contribution is -0.121. The van der Waals surface area contributed by atoms with Gasteiger partial charge in [0, 0.05) is 28.9 Å². The number of nitrogens with one attached hydrogen (secondary N) is 2. The van der Waals surface area contributed by atoms with Crippen LogP contribution in [0.25, 0.3) is 0 Å². The fraction of sp³-hybridized carbons (Fsp3) is 0.294. The van der Waals surface area contributed by atoms with Gasteiger partial charge in [0.25, 0.3) is 5.91 Å². The summed E-state index contributed by atoms with van der Waals surface area (Å²) in [7, 11) is 0. The summed E-state index contributed by atoms with van der Waals surface area (Å²) in [4.78, 5) is 23.8. The van der Waals surface area contributed by atoms with E-state index in [2.05, 4.69) is 10.6 Å². The molecule has 1 heterocycles. The number of halogens is 1. The van der Waals surface area contributed by atoms with E-state index in [1.54, 1.807) is 11.4 Å². The van der Waals surface area contributed by atoms with Crippen molar-refractivity contribution in [3.63, 3.8) is 0 Å². The lowest BCUT2D eigenvalue weighted by Crippen LogP contribution is -2.32. The zero-order chi connectivity index (χ0) is 16.7. The lowest BCUT2D eigenvalue weighted by atomic mass is 10.0. The molecule has 1 unspecified atom stereocenters. The minimum atomic E-state index is -0.149. The maximum Gasteiger partial charge on any atom is 0.252 e. The monoisotopic (exact) mass is 350 g/mol. The van der Waals surface area contributed by atoms with E-state index in [0.29, 0.717) is 17.1 Å². The van der Waals surface area contributed by atoms with Crippen molar-refractivity contribution in [2.45, 2.75) is 25.8 Å². The molecule has 2 aromatic rings. The third-order valence-electron chi connectivity index (χ3n) is 3.44. The zero-order valence-corrected chi connectivity index (χ0v) is 14.4.